The third kappa shape index (κ3) is 2.28. The van der Waals surface area contributed by atoms with E-state index in [4.69, 9.17) is 13.9 Å². The Bertz CT molecular complexity index is 709. The zero-order chi connectivity index (χ0) is 15.1. The number of furan rings is 1. The predicted octanol–water partition coefficient (Wildman–Crippen LogP) is 1.77. The number of nitrogens with zero attached hydrogens (tertiary/aromatic N) is 2. The van der Waals surface area contributed by atoms with Gasteiger partial charge in [-0.05, 0) is 25.5 Å². The number of pyridine rings is 1. The Hall–Kier alpha value is -1.92. The van der Waals surface area contributed by atoms with Crippen LogP contribution in [0.5, 0.6) is 0 Å². The van der Waals surface area contributed by atoms with Gasteiger partial charge in [0.25, 0.3) is 5.91 Å². The number of hydrogen-bond acceptors (Lipinski definition) is 5. The molecule has 0 spiro atoms. The van der Waals surface area contributed by atoms with Crippen LogP contribution in [0.4, 0.5) is 0 Å². The highest BCUT2D eigenvalue weighted by molar-refractivity contribution is 5.95. The summed E-state index contributed by atoms with van der Waals surface area (Å²) in [7, 11) is 0. The molecule has 116 valence electrons. The van der Waals surface area contributed by atoms with Gasteiger partial charge < -0.3 is 18.8 Å². The molecule has 2 atom stereocenters. The van der Waals surface area contributed by atoms with E-state index < -0.39 is 0 Å². The van der Waals surface area contributed by atoms with Crippen LogP contribution in [0.15, 0.2) is 22.6 Å². The lowest BCUT2D eigenvalue weighted by molar-refractivity contribution is -0.124. The van der Waals surface area contributed by atoms with Crippen molar-refractivity contribution >= 4 is 17.0 Å². The maximum atomic E-state index is 12.8. The van der Waals surface area contributed by atoms with E-state index in [1.165, 1.54) is 0 Å². The zero-order valence-electron chi connectivity index (χ0n) is 12.4. The minimum Gasteiger partial charge on any atom is -0.449 e. The Balaban J connectivity index is 1.64. The maximum absolute atomic E-state index is 12.8. The molecule has 2 fully saturated rings. The summed E-state index contributed by atoms with van der Waals surface area (Å²) < 4.78 is 16.8. The molecule has 2 aromatic heterocycles. The van der Waals surface area contributed by atoms with Crippen LogP contribution in [-0.2, 0) is 9.47 Å². The normalized spacial score (nSPS) is 25.2. The molecule has 0 radical (unpaired) electrons. The minimum atomic E-state index is -0.0872. The Morgan fingerprint density at radius 1 is 1.36 bits per heavy atom. The van der Waals surface area contributed by atoms with Gasteiger partial charge in [0, 0.05) is 24.9 Å². The second-order valence-electron chi connectivity index (χ2n) is 5.79. The molecule has 2 saturated heterocycles. The van der Waals surface area contributed by atoms with E-state index in [-0.39, 0.29) is 18.1 Å². The second kappa shape index (κ2) is 5.37. The predicted molar refractivity (Wildman–Crippen MR) is 78.7 cm³/mol. The van der Waals surface area contributed by atoms with Crippen LogP contribution >= 0.6 is 0 Å². The molecule has 0 saturated carbocycles. The first kappa shape index (κ1) is 13.7. The molecule has 2 aliphatic rings. The van der Waals surface area contributed by atoms with Crippen molar-refractivity contribution in [1.82, 2.24) is 9.88 Å². The van der Waals surface area contributed by atoms with Crippen LogP contribution < -0.4 is 0 Å². The lowest BCUT2D eigenvalue weighted by Gasteiger charge is -2.43. The highest BCUT2D eigenvalue weighted by atomic mass is 16.5. The number of carbonyl (C=O) groups excluding carboxylic acids is 1. The van der Waals surface area contributed by atoms with Crippen molar-refractivity contribution in [3.05, 3.63) is 29.7 Å². The third-order valence-corrected chi connectivity index (χ3v) is 4.32. The number of hydrogen-bond donors (Lipinski definition) is 0. The molecule has 4 heterocycles. The molecule has 4 rings (SSSR count). The van der Waals surface area contributed by atoms with E-state index in [1.807, 2.05) is 24.0 Å². The lowest BCUT2D eigenvalue weighted by atomic mass is 10.0. The van der Waals surface area contributed by atoms with Gasteiger partial charge in [-0.1, -0.05) is 0 Å². The van der Waals surface area contributed by atoms with E-state index in [1.54, 1.807) is 6.07 Å². The minimum absolute atomic E-state index is 0.0313. The Morgan fingerprint density at radius 3 is 3.18 bits per heavy atom. The summed E-state index contributed by atoms with van der Waals surface area (Å²) in [6, 6.07) is 5.53. The van der Waals surface area contributed by atoms with Gasteiger partial charge in [-0.15, -0.1) is 0 Å². The fourth-order valence-corrected chi connectivity index (χ4v) is 3.21. The number of fused-ring (bicyclic) bond motifs is 2. The molecule has 0 N–H and O–H groups in total. The third-order valence-electron chi connectivity index (χ3n) is 4.32. The number of morpholine rings is 1. The summed E-state index contributed by atoms with van der Waals surface area (Å²) in [5.41, 5.74) is 2.27. The first-order chi connectivity index (χ1) is 10.7. The van der Waals surface area contributed by atoms with Gasteiger partial charge in [-0.3, -0.25) is 4.79 Å². The van der Waals surface area contributed by atoms with Crippen LogP contribution in [0, 0.1) is 6.92 Å². The van der Waals surface area contributed by atoms with Gasteiger partial charge in [0.05, 0.1) is 19.3 Å². The summed E-state index contributed by atoms with van der Waals surface area (Å²) >= 11 is 0. The van der Waals surface area contributed by atoms with Crippen molar-refractivity contribution in [2.45, 2.75) is 25.5 Å². The molecular formula is C16H18N2O4. The van der Waals surface area contributed by atoms with Gasteiger partial charge in [0.2, 0.25) is 0 Å². The molecule has 1 amide bonds. The first-order valence-corrected chi connectivity index (χ1v) is 7.60. The maximum Gasteiger partial charge on any atom is 0.290 e. The second-order valence-corrected chi connectivity index (χ2v) is 5.79. The smallest absolute Gasteiger partial charge is 0.290 e. The molecule has 6 heteroatoms. The highest BCUT2D eigenvalue weighted by Crippen LogP contribution is 2.25. The summed E-state index contributed by atoms with van der Waals surface area (Å²) in [4.78, 5) is 19.1. The SMILES string of the molecule is Cc1ccc2oc(C(=O)N3CCO[C@H]4COCC[C@H]43)cc2n1. The van der Waals surface area contributed by atoms with E-state index >= 15 is 0 Å². The van der Waals surface area contributed by atoms with E-state index in [0.717, 1.165) is 17.6 Å². The molecular weight excluding hydrogens is 284 g/mol. The monoisotopic (exact) mass is 302 g/mol. The Labute approximate surface area is 128 Å². The molecule has 6 nitrogen and oxygen atoms in total. The van der Waals surface area contributed by atoms with Crippen LogP contribution in [0.2, 0.25) is 0 Å². The van der Waals surface area contributed by atoms with Crippen LogP contribution in [0.1, 0.15) is 22.7 Å². The van der Waals surface area contributed by atoms with Gasteiger partial charge >= 0.3 is 0 Å². The first-order valence-electron chi connectivity index (χ1n) is 7.60. The number of amides is 1. The Kier molecular flexibility index (Phi) is 3.35. The largest absolute Gasteiger partial charge is 0.449 e. The molecule has 22 heavy (non-hydrogen) atoms. The summed E-state index contributed by atoms with van der Waals surface area (Å²) in [5.74, 6) is 0.260. The van der Waals surface area contributed by atoms with E-state index in [0.29, 0.717) is 37.7 Å². The van der Waals surface area contributed by atoms with Crippen LogP contribution in [-0.4, -0.2) is 54.3 Å². The number of aryl methyl sites for hydroxylation is 1. The molecule has 0 aromatic carbocycles. The number of rotatable bonds is 1. The molecule has 0 aliphatic carbocycles. The Morgan fingerprint density at radius 2 is 2.27 bits per heavy atom. The molecule has 0 bridgehead atoms. The fourth-order valence-electron chi connectivity index (χ4n) is 3.21. The van der Waals surface area contributed by atoms with Crippen LogP contribution in [0.3, 0.4) is 0 Å². The molecule has 2 aliphatic heterocycles. The van der Waals surface area contributed by atoms with Crippen LogP contribution in [0.25, 0.3) is 11.1 Å². The molecule has 0 unspecified atom stereocenters. The standard InChI is InChI=1S/C16H18N2O4/c1-10-2-3-13-11(17-10)8-14(22-13)16(19)18-5-7-21-15-9-20-6-4-12(15)18/h2-3,8,12,15H,4-7,9H2,1H3/t12-,15+/m1/s1. The van der Waals surface area contributed by atoms with Gasteiger partial charge in [-0.2, -0.15) is 0 Å². The van der Waals surface area contributed by atoms with Crippen molar-refractivity contribution in [3.63, 3.8) is 0 Å². The number of aromatic nitrogens is 1. The van der Waals surface area contributed by atoms with Crippen molar-refractivity contribution < 1.29 is 18.7 Å². The number of ether oxygens (including phenoxy) is 2. The summed E-state index contributed by atoms with van der Waals surface area (Å²) in [6.07, 6.45) is 0.768. The summed E-state index contributed by atoms with van der Waals surface area (Å²) in [5, 5.41) is 0. The van der Waals surface area contributed by atoms with Gasteiger partial charge in [-0.25, -0.2) is 4.98 Å². The van der Waals surface area contributed by atoms with Crippen molar-refractivity contribution in [2.24, 2.45) is 0 Å². The topological polar surface area (TPSA) is 64.8 Å². The fraction of sp³-hybridized carbons (Fsp3) is 0.500. The summed E-state index contributed by atoms with van der Waals surface area (Å²) in [6.45, 7) is 4.25. The average Bonchev–Trinajstić information content (AvgIpc) is 2.96. The van der Waals surface area contributed by atoms with Crippen molar-refractivity contribution in [1.29, 1.82) is 0 Å². The lowest BCUT2D eigenvalue weighted by Crippen LogP contribution is -2.57. The van der Waals surface area contributed by atoms with Gasteiger partial charge in [0.1, 0.15) is 11.6 Å². The average molecular weight is 302 g/mol. The molecule has 2 aromatic rings. The highest BCUT2D eigenvalue weighted by Gasteiger charge is 2.38. The number of carbonyl (C=O) groups is 1. The zero-order valence-corrected chi connectivity index (χ0v) is 12.4. The van der Waals surface area contributed by atoms with Crippen molar-refractivity contribution in [2.75, 3.05) is 26.4 Å². The van der Waals surface area contributed by atoms with E-state index in [2.05, 4.69) is 4.98 Å². The van der Waals surface area contributed by atoms with E-state index in [9.17, 15) is 4.79 Å². The quantitative estimate of drug-likeness (QED) is 0.803. The van der Waals surface area contributed by atoms with Gasteiger partial charge in [0.15, 0.2) is 11.3 Å². The van der Waals surface area contributed by atoms with Crippen molar-refractivity contribution in [3.8, 4) is 0 Å².